The number of nitrogens with one attached hydrogen (secondary N) is 1. The predicted molar refractivity (Wildman–Crippen MR) is 109 cm³/mol. The van der Waals surface area contributed by atoms with E-state index in [9.17, 15) is 8.60 Å². The average Bonchev–Trinajstić information content (AvgIpc) is 3.17. The van der Waals surface area contributed by atoms with Gasteiger partial charge < -0.3 is 10.1 Å². The molecule has 0 saturated heterocycles. The maximum absolute atomic E-state index is 13.3. The Morgan fingerprint density at radius 3 is 2.62 bits per heavy atom. The van der Waals surface area contributed by atoms with E-state index in [-0.39, 0.29) is 11.0 Å². The van der Waals surface area contributed by atoms with Crippen molar-refractivity contribution in [1.82, 2.24) is 19.7 Å². The zero-order chi connectivity index (χ0) is 20.4. The first-order valence-electron chi connectivity index (χ1n) is 8.77. The van der Waals surface area contributed by atoms with E-state index >= 15 is 0 Å². The van der Waals surface area contributed by atoms with Crippen LogP contribution < -0.4 is 10.1 Å². The van der Waals surface area contributed by atoms with Gasteiger partial charge in [0.15, 0.2) is 5.65 Å². The van der Waals surface area contributed by atoms with Gasteiger partial charge in [0.1, 0.15) is 17.4 Å². The molecule has 29 heavy (non-hydrogen) atoms. The van der Waals surface area contributed by atoms with Gasteiger partial charge in [0.2, 0.25) is 5.16 Å². The minimum absolute atomic E-state index is 0.184. The summed E-state index contributed by atoms with van der Waals surface area (Å²) >= 11 is 0. The van der Waals surface area contributed by atoms with Gasteiger partial charge in [-0.3, -0.25) is 4.21 Å². The fraction of sp³-hybridized carbons (Fsp3) is 0.150. The Hall–Kier alpha value is -3.33. The summed E-state index contributed by atoms with van der Waals surface area (Å²) < 4.78 is 32.3. The third-order valence-corrected chi connectivity index (χ3v) is 5.07. The van der Waals surface area contributed by atoms with Gasteiger partial charge in [-0.25, -0.2) is 19.0 Å². The number of rotatable bonds is 6. The number of hydrogen-bond acceptors (Lipinski definition) is 6. The van der Waals surface area contributed by atoms with Crippen LogP contribution in [0.1, 0.15) is 5.56 Å². The van der Waals surface area contributed by atoms with E-state index in [2.05, 4.69) is 20.4 Å². The second-order valence-electron chi connectivity index (χ2n) is 6.24. The molecule has 1 atom stereocenters. The molecule has 4 rings (SSSR count). The lowest BCUT2D eigenvalue weighted by atomic mass is 10.2. The van der Waals surface area contributed by atoms with Crippen molar-refractivity contribution in [2.24, 2.45) is 0 Å². The number of nitrogens with zero attached hydrogens (tertiary/aromatic N) is 4. The Bertz CT molecular complexity index is 1190. The molecule has 0 amide bonds. The van der Waals surface area contributed by atoms with Gasteiger partial charge in [-0.2, -0.15) is 5.10 Å². The van der Waals surface area contributed by atoms with Crippen molar-refractivity contribution in [3.63, 3.8) is 0 Å². The molecule has 2 heterocycles. The molecule has 4 aromatic rings. The first-order valence-corrected chi connectivity index (χ1v) is 10.3. The number of fused-ring (bicyclic) bond motifs is 1. The van der Waals surface area contributed by atoms with E-state index in [1.54, 1.807) is 30.1 Å². The lowest BCUT2D eigenvalue weighted by Crippen LogP contribution is -2.08. The Balaban J connectivity index is 1.77. The monoisotopic (exact) mass is 411 g/mol. The van der Waals surface area contributed by atoms with Crippen LogP contribution >= 0.6 is 0 Å². The summed E-state index contributed by atoms with van der Waals surface area (Å²) in [6.07, 6.45) is 3.15. The summed E-state index contributed by atoms with van der Waals surface area (Å²) in [5, 5.41) is 8.49. The molecule has 0 radical (unpaired) electrons. The highest BCUT2D eigenvalue weighted by Gasteiger charge is 2.16. The van der Waals surface area contributed by atoms with Gasteiger partial charge in [-0.05, 0) is 30.3 Å². The van der Waals surface area contributed by atoms with Crippen LogP contribution in [0, 0.1) is 5.82 Å². The highest BCUT2D eigenvalue weighted by Crippen LogP contribution is 2.25. The van der Waals surface area contributed by atoms with Gasteiger partial charge in [0.25, 0.3) is 0 Å². The van der Waals surface area contributed by atoms with E-state index in [0.717, 1.165) is 11.3 Å². The highest BCUT2D eigenvalue weighted by molar-refractivity contribution is 7.84. The highest BCUT2D eigenvalue weighted by atomic mass is 32.2. The van der Waals surface area contributed by atoms with Gasteiger partial charge in [0.05, 0.1) is 35.2 Å². The van der Waals surface area contributed by atoms with Crippen molar-refractivity contribution in [3.8, 4) is 11.4 Å². The third-order valence-electron chi connectivity index (χ3n) is 4.38. The summed E-state index contributed by atoms with van der Waals surface area (Å²) in [5.74, 6) is 0.931. The molecule has 1 N–H and O–H groups in total. The van der Waals surface area contributed by atoms with E-state index in [1.807, 2.05) is 24.3 Å². The van der Waals surface area contributed by atoms with Crippen molar-refractivity contribution >= 4 is 27.7 Å². The number of ether oxygens (including phenoxy) is 1. The van der Waals surface area contributed by atoms with Gasteiger partial charge >= 0.3 is 0 Å². The molecule has 0 fully saturated rings. The Morgan fingerprint density at radius 1 is 1.14 bits per heavy atom. The summed E-state index contributed by atoms with van der Waals surface area (Å²) in [6.45, 7) is 0.452. The molecule has 0 aliphatic heterocycles. The molecule has 0 aliphatic rings. The van der Waals surface area contributed by atoms with Crippen LogP contribution in [0.3, 0.4) is 0 Å². The van der Waals surface area contributed by atoms with Crippen molar-refractivity contribution < 1.29 is 13.3 Å². The molecule has 2 aromatic heterocycles. The zero-order valence-electron chi connectivity index (χ0n) is 15.8. The van der Waals surface area contributed by atoms with E-state index in [1.165, 1.54) is 18.4 Å². The van der Waals surface area contributed by atoms with Crippen LogP contribution in [0.4, 0.5) is 10.2 Å². The number of aromatic nitrogens is 4. The Kier molecular flexibility index (Phi) is 5.22. The van der Waals surface area contributed by atoms with Gasteiger partial charge in [-0.15, -0.1) is 0 Å². The number of methoxy groups -OCH3 is 1. The smallest absolute Gasteiger partial charge is 0.222 e. The fourth-order valence-electron chi connectivity index (χ4n) is 2.95. The van der Waals surface area contributed by atoms with Gasteiger partial charge in [-0.1, -0.05) is 18.2 Å². The Labute approximate surface area is 169 Å². The molecule has 0 saturated carbocycles. The maximum Gasteiger partial charge on any atom is 0.222 e. The molecule has 2 aromatic carbocycles. The van der Waals surface area contributed by atoms with Crippen LogP contribution in [0.5, 0.6) is 5.75 Å². The first-order chi connectivity index (χ1) is 14.1. The third kappa shape index (κ3) is 3.81. The predicted octanol–water partition coefficient (Wildman–Crippen LogP) is 3.31. The molecule has 0 aliphatic carbocycles. The number of hydrogen-bond donors (Lipinski definition) is 1. The van der Waals surface area contributed by atoms with Crippen molar-refractivity contribution in [2.75, 3.05) is 18.7 Å². The standard InChI is InChI=1S/C20H18FN5O2S/c1-28-17-6-4-3-5-13(17)11-22-18-16-12-23-26(15-9-7-14(21)8-10-15)19(16)25-20(24-18)29(2)27/h3-10,12H,11H2,1-2H3,(H,22,24,25). The van der Waals surface area contributed by atoms with Crippen molar-refractivity contribution in [1.29, 1.82) is 0 Å². The van der Waals surface area contributed by atoms with Crippen LogP contribution in [-0.4, -0.2) is 37.3 Å². The number of para-hydroxylation sites is 1. The minimum Gasteiger partial charge on any atom is -0.496 e. The normalized spacial score (nSPS) is 12.1. The second kappa shape index (κ2) is 7.96. The molecule has 7 nitrogen and oxygen atoms in total. The molecular weight excluding hydrogens is 393 g/mol. The summed E-state index contributed by atoms with van der Waals surface area (Å²) in [5.41, 5.74) is 2.08. The first kappa shape index (κ1) is 19.0. The topological polar surface area (TPSA) is 81.9 Å². The van der Waals surface area contributed by atoms with E-state index in [4.69, 9.17) is 4.74 Å². The number of halogens is 1. The zero-order valence-corrected chi connectivity index (χ0v) is 16.6. The van der Waals surface area contributed by atoms with Crippen LogP contribution in [0.2, 0.25) is 0 Å². The summed E-state index contributed by atoms with van der Waals surface area (Å²) in [4.78, 5) is 8.83. The Morgan fingerprint density at radius 2 is 1.90 bits per heavy atom. The molecule has 9 heteroatoms. The van der Waals surface area contributed by atoms with Gasteiger partial charge in [0, 0.05) is 18.4 Å². The number of anilines is 1. The summed E-state index contributed by atoms with van der Waals surface area (Å²) in [7, 11) is 0.228. The summed E-state index contributed by atoms with van der Waals surface area (Å²) in [6, 6.07) is 13.6. The molecule has 0 bridgehead atoms. The van der Waals surface area contributed by atoms with E-state index < -0.39 is 10.8 Å². The number of benzene rings is 2. The lowest BCUT2D eigenvalue weighted by Gasteiger charge is -2.11. The quantitative estimate of drug-likeness (QED) is 0.490. The molecule has 148 valence electrons. The maximum atomic E-state index is 13.3. The molecular formula is C20H18FN5O2S. The van der Waals surface area contributed by atoms with Crippen LogP contribution in [0.25, 0.3) is 16.7 Å². The molecule has 1 unspecified atom stereocenters. The van der Waals surface area contributed by atoms with Crippen LogP contribution in [0.15, 0.2) is 59.9 Å². The largest absolute Gasteiger partial charge is 0.496 e. The van der Waals surface area contributed by atoms with Crippen molar-refractivity contribution in [3.05, 3.63) is 66.1 Å². The second-order valence-corrected chi connectivity index (χ2v) is 7.52. The van der Waals surface area contributed by atoms with Crippen LogP contribution in [-0.2, 0) is 17.3 Å². The fourth-order valence-corrected chi connectivity index (χ4v) is 3.39. The SMILES string of the molecule is COc1ccccc1CNc1nc(S(C)=O)nc2c1cnn2-c1ccc(F)cc1. The minimum atomic E-state index is -1.39. The average molecular weight is 411 g/mol. The van der Waals surface area contributed by atoms with Crippen molar-refractivity contribution in [2.45, 2.75) is 11.7 Å². The lowest BCUT2D eigenvalue weighted by molar-refractivity contribution is 0.410. The van der Waals surface area contributed by atoms with E-state index in [0.29, 0.717) is 29.1 Å². The molecule has 0 spiro atoms.